The summed E-state index contributed by atoms with van der Waals surface area (Å²) < 4.78 is 13.4. The topological polar surface area (TPSA) is 37.3 Å². The third-order valence-corrected chi connectivity index (χ3v) is 1.91. The van der Waals surface area contributed by atoms with Crippen LogP contribution < -0.4 is 0 Å². The van der Waals surface area contributed by atoms with Gasteiger partial charge in [-0.25, -0.2) is 4.39 Å². The van der Waals surface area contributed by atoms with E-state index < -0.39 is 11.8 Å². The summed E-state index contributed by atoms with van der Waals surface area (Å²) in [5.74, 6) is -3.64. The highest BCUT2D eigenvalue weighted by atomic mass is 79.9. The molecule has 2 atom stereocenters. The van der Waals surface area contributed by atoms with Crippen molar-refractivity contribution in [1.29, 1.82) is 0 Å². The van der Waals surface area contributed by atoms with Gasteiger partial charge in [-0.15, -0.1) is 0 Å². The third-order valence-electron chi connectivity index (χ3n) is 1.42. The molecule has 1 aliphatic carbocycles. The summed E-state index contributed by atoms with van der Waals surface area (Å²) in [6.07, 6.45) is 4.14. The summed E-state index contributed by atoms with van der Waals surface area (Å²) in [5, 5.41) is 8.95. The van der Waals surface area contributed by atoms with Gasteiger partial charge in [-0.2, -0.15) is 0 Å². The minimum atomic E-state index is -2.55. The highest BCUT2D eigenvalue weighted by Gasteiger charge is 2.34. The van der Waals surface area contributed by atoms with Crippen LogP contribution in [0.15, 0.2) is 22.7 Å². The molecule has 0 amide bonds. The van der Waals surface area contributed by atoms with Crippen LogP contribution >= 0.6 is 15.9 Å². The van der Waals surface area contributed by atoms with Gasteiger partial charge in [0.25, 0.3) is 0 Å². The zero-order valence-electron chi connectivity index (χ0n) is 5.50. The number of allylic oxidation sites excluding steroid dienone is 2. The van der Waals surface area contributed by atoms with Gasteiger partial charge in [0.05, 0.1) is 5.92 Å². The van der Waals surface area contributed by atoms with Crippen LogP contribution in [0.25, 0.3) is 0 Å². The van der Waals surface area contributed by atoms with Crippen molar-refractivity contribution in [3.8, 4) is 0 Å². The van der Waals surface area contributed by atoms with Crippen molar-refractivity contribution in [2.45, 2.75) is 5.85 Å². The van der Waals surface area contributed by atoms with Crippen LogP contribution in [0, 0.1) is 5.92 Å². The van der Waals surface area contributed by atoms with Crippen molar-refractivity contribution < 1.29 is 14.3 Å². The Morgan fingerprint density at radius 1 is 1.82 bits per heavy atom. The molecule has 0 saturated carbocycles. The van der Waals surface area contributed by atoms with Gasteiger partial charge < -0.3 is 9.90 Å². The van der Waals surface area contributed by atoms with Gasteiger partial charge in [0.15, 0.2) is 0 Å². The average Bonchev–Trinajstić information content (AvgIpc) is 1.85. The van der Waals surface area contributed by atoms with Gasteiger partial charge in [-0.05, 0) is 6.08 Å². The highest BCUT2D eigenvalue weighted by molar-refractivity contribution is 9.11. The van der Waals surface area contributed by atoms with E-state index in [2.05, 4.69) is 15.9 Å². The summed E-state index contributed by atoms with van der Waals surface area (Å²) in [7, 11) is 0. The van der Waals surface area contributed by atoms with Crippen molar-refractivity contribution in [3.05, 3.63) is 22.7 Å². The summed E-state index contributed by atoms with van der Waals surface area (Å²) in [5.41, 5.74) is 0. The molecule has 0 saturated heterocycles. The number of carbonyl (C=O) groups excluding carboxylic acids is 1. The van der Waals surface area contributed by atoms with E-state index in [1.54, 1.807) is 0 Å². The van der Waals surface area contributed by atoms with E-state index in [1.165, 1.54) is 12.2 Å². The number of aliphatic hydroxyl groups is 1. The Morgan fingerprint density at radius 2 is 2.45 bits per heavy atom. The predicted molar refractivity (Wildman–Crippen MR) is 41.8 cm³/mol. The van der Waals surface area contributed by atoms with Crippen LogP contribution in [0.3, 0.4) is 0 Å². The highest BCUT2D eigenvalue weighted by Crippen LogP contribution is 2.29. The van der Waals surface area contributed by atoms with E-state index in [0.29, 0.717) is 10.8 Å². The summed E-state index contributed by atoms with van der Waals surface area (Å²) >= 11 is 2.98. The normalized spacial score (nSPS) is 36.6. The van der Waals surface area contributed by atoms with E-state index in [0.717, 1.165) is 6.08 Å². The number of carbonyl (C=O) groups is 1. The summed E-state index contributed by atoms with van der Waals surface area (Å²) in [6, 6.07) is 0. The molecule has 0 aromatic carbocycles. The molecule has 1 rings (SSSR count). The Bertz CT molecular complexity index is 233. The monoisotopic (exact) mass is 220 g/mol. The second kappa shape index (κ2) is 2.87. The van der Waals surface area contributed by atoms with Gasteiger partial charge in [-0.3, -0.25) is 0 Å². The molecule has 0 aromatic heterocycles. The average molecular weight is 221 g/mol. The Balaban J connectivity index is 2.92. The van der Waals surface area contributed by atoms with Crippen molar-refractivity contribution in [2.75, 3.05) is 0 Å². The SMILES string of the molecule is O=CC1C=CC(Br)=CC1(O)F. The van der Waals surface area contributed by atoms with Crippen molar-refractivity contribution in [2.24, 2.45) is 5.92 Å². The molecule has 2 nitrogen and oxygen atoms in total. The molecule has 0 aromatic rings. The van der Waals surface area contributed by atoms with E-state index in [4.69, 9.17) is 5.11 Å². The number of alkyl halides is 1. The molecule has 0 radical (unpaired) electrons. The van der Waals surface area contributed by atoms with Crippen LogP contribution in [-0.4, -0.2) is 17.2 Å². The second-order valence-electron chi connectivity index (χ2n) is 2.28. The van der Waals surface area contributed by atoms with E-state index in [1.807, 2.05) is 0 Å². The van der Waals surface area contributed by atoms with Crippen molar-refractivity contribution in [3.63, 3.8) is 0 Å². The lowest BCUT2D eigenvalue weighted by Gasteiger charge is -2.21. The first-order valence-electron chi connectivity index (χ1n) is 2.99. The Kier molecular flexibility index (Phi) is 2.25. The van der Waals surface area contributed by atoms with Gasteiger partial charge in [0, 0.05) is 4.48 Å². The number of hydrogen-bond donors (Lipinski definition) is 1. The first-order chi connectivity index (χ1) is 5.06. The molecule has 1 N–H and O–H groups in total. The standard InChI is InChI=1S/C7H6BrFO2/c8-6-2-1-5(4-10)7(9,11)3-6/h1-5,11H. The van der Waals surface area contributed by atoms with Crippen molar-refractivity contribution >= 4 is 22.2 Å². The summed E-state index contributed by atoms with van der Waals surface area (Å²) in [6.45, 7) is 0. The second-order valence-corrected chi connectivity index (χ2v) is 3.19. The maximum absolute atomic E-state index is 13.0. The van der Waals surface area contributed by atoms with Crippen LogP contribution in [0.4, 0.5) is 4.39 Å². The first kappa shape index (κ1) is 8.62. The first-order valence-corrected chi connectivity index (χ1v) is 3.78. The minimum Gasteiger partial charge on any atom is -0.358 e. The number of halogens is 2. The maximum Gasteiger partial charge on any atom is 0.240 e. The van der Waals surface area contributed by atoms with E-state index in [9.17, 15) is 9.18 Å². The number of rotatable bonds is 1. The van der Waals surface area contributed by atoms with E-state index >= 15 is 0 Å². The lowest BCUT2D eigenvalue weighted by atomic mass is 9.97. The lowest BCUT2D eigenvalue weighted by molar-refractivity contribution is -0.125. The molecule has 60 valence electrons. The predicted octanol–water partition coefficient (Wildman–Crippen LogP) is 1.31. The van der Waals surface area contributed by atoms with Crippen LogP contribution in [0.5, 0.6) is 0 Å². The molecule has 2 unspecified atom stereocenters. The van der Waals surface area contributed by atoms with E-state index in [-0.39, 0.29) is 0 Å². The fourth-order valence-electron chi connectivity index (χ4n) is 0.809. The molecule has 0 bridgehead atoms. The number of hydrogen-bond acceptors (Lipinski definition) is 2. The van der Waals surface area contributed by atoms with Gasteiger partial charge in [0.2, 0.25) is 5.85 Å². The maximum atomic E-state index is 13.0. The molecule has 1 aliphatic rings. The Labute approximate surface area is 71.5 Å². The molecule has 4 heteroatoms. The Morgan fingerprint density at radius 3 is 2.91 bits per heavy atom. The molecule has 0 spiro atoms. The van der Waals surface area contributed by atoms with Crippen LogP contribution in [0.2, 0.25) is 0 Å². The molecular weight excluding hydrogens is 215 g/mol. The van der Waals surface area contributed by atoms with Crippen molar-refractivity contribution in [1.82, 2.24) is 0 Å². The molecule has 0 fully saturated rings. The molecule has 11 heavy (non-hydrogen) atoms. The quantitative estimate of drug-likeness (QED) is 0.677. The zero-order valence-corrected chi connectivity index (χ0v) is 7.08. The number of aldehydes is 1. The third kappa shape index (κ3) is 1.75. The fourth-order valence-corrected chi connectivity index (χ4v) is 1.28. The van der Waals surface area contributed by atoms with Gasteiger partial charge in [-0.1, -0.05) is 28.1 Å². The molecular formula is C7H6BrFO2. The Hall–Kier alpha value is -0.480. The summed E-state index contributed by atoms with van der Waals surface area (Å²) in [4.78, 5) is 10.2. The minimum absolute atomic E-state index is 0.368. The largest absolute Gasteiger partial charge is 0.358 e. The van der Waals surface area contributed by atoms with Crippen LogP contribution in [-0.2, 0) is 4.79 Å². The molecule has 0 aliphatic heterocycles. The van der Waals surface area contributed by atoms with Gasteiger partial charge >= 0.3 is 0 Å². The van der Waals surface area contributed by atoms with Gasteiger partial charge in [0.1, 0.15) is 6.29 Å². The zero-order chi connectivity index (χ0) is 8.48. The fraction of sp³-hybridized carbons (Fsp3) is 0.286. The lowest BCUT2D eigenvalue weighted by Crippen LogP contribution is -2.32. The smallest absolute Gasteiger partial charge is 0.240 e. The van der Waals surface area contributed by atoms with Crippen LogP contribution in [0.1, 0.15) is 0 Å². The molecule has 0 heterocycles.